The van der Waals surface area contributed by atoms with E-state index < -0.39 is 5.60 Å². The number of aliphatic hydroxyl groups is 1. The molecule has 0 saturated carbocycles. The number of ether oxygens (including phenoxy) is 1. The quantitative estimate of drug-likeness (QED) is 0.864. The van der Waals surface area contributed by atoms with Crippen molar-refractivity contribution in [2.75, 3.05) is 18.1 Å². The predicted octanol–water partition coefficient (Wildman–Crippen LogP) is 3.21. The van der Waals surface area contributed by atoms with Gasteiger partial charge in [-0.1, -0.05) is 24.3 Å². The fourth-order valence-electron chi connectivity index (χ4n) is 4.49. The monoisotopic (exact) mass is 304 g/mol. The van der Waals surface area contributed by atoms with Crippen LogP contribution in [0.4, 0.5) is 0 Å². The molecule has 3 aliphatic rings. The molecule has 1 unspecified atom stereocenters. The molecule has 1 aliphatic carbocycles. The topological polar surface area (TPSA) is 29.5 Å². The van der Waals surface area contributed by atoms with E-state index in [9.17, 15) is 5.11 Å². The molecule has 2 fully saturated rings. The van der Waals surface area contributed by atoms with Crippen LogP contribution in [-0.4, -0.2) is 34.4 Å². The van der Waals surface area contributed by atoms with Crippen molar-refractivity contribution in [3.8, 4) is 0 Å². The summed E-state index contributed by atoms with van der Waals surface area (Å²) < 4.78 is 6.19. The van der Waals surface area contributed by atoms with Crippen molar-refractivity contribution in [3.05, 3.63) is 35.4 Å². The molecule has 1 aromatic carbocycles. The first-order valence-electron chi connectivity index (χ1n) is 8.20. The molecule has 0 aromatic heterocycles. The Hall–Kier alpha value is -0.510. The maximum atomic E-state index is 11.3. The third kappa shape index (κ3) is 2.54. The normalized spacial score (nSPS) is 30.2. The molecule has 3 heteroatoms. The Morgan fingerprint density at radius 2 is 1.76 bits per heavy atom. The Bertz CT molecular complexity index is 491. The lowest BCUT2D eigenvalue weighted by molar-refractivity contribution is -0.144. The summed E-state index contributed by atoms with van der Waals surface area (Å²) in [6.45, 7) is 0.827. The van der Waals surface area contributed by atoms with Gasteiger partial charge in [-0.25, -0.2) is 0 Å². The molecule has 1 spiro atoms. The van der Waals surface area contributed by atoms with Crippen LogP contribution in [-0.2, 0) is 17.6 Å². The summed E-state index contributed by atoms with van der Waals surface area (Å²) in [5.41, 5.74) is 2.23. The van der Waals surface area contributed by atoms with Crippen LogP contribution in [0.15, 0.2) is 24.3 Å². The highest BCUT2D eigenvalue weighted by Crippen LogP contribution is 2.46. The molecular formula is C18H24O2S. The van der Waals surface area contributed by atoms with Crippen molar-refractivity contribution in [1.29, 1.82) is 0 Å². The number of fused-ring (bicyclic) bond motifs is 1. The van der Waals surface area contributed by atoms with Crippen LogP contribution in [0.25, 0.3) is 0 Å². The second kappa shape index (κ2) is 5.29. The molecule has 2 saturated heterocycles. The van der Waals surface area contributed by atoms with Gasteiger partial charge in [0.2, 0.25) is 0 Å². The fraction of sp³-hybridized carbons (Fsp3) is 0.667. The molecule has 2 heterocycles. The standard InChI is InChI=1S/C18H24O2S/c19-18(11-14-3-1-2-4-15(14)12-18)16-5-8-20-17(13-16)6-9-21-10-7-17/h1-4,16,19H,5-13H2. The van der Waals surface area contributed by atoms with Crippen LogP contribution >= 0.6 is 11.8 Å². The summed E-state index contributed by atoms with van der Waals surface area (Å²) in [6.07, 6.45) is 6.06. The molecule has 1 aromatic rings. The van der Waals surface area contributed by atoms with Gasteiger partial charge in [-0.3, -0.25) is 0 Å². The summed E-state index contributed by atoms with van der Waals surface area (Å²) in [5.74, 6) is 2.82. The minimum atomic E-state index is -0.537. The Morgan fingerprint density at radius 3 is 2.43 bits per heavy atom. The molecule has 0 bridgehead atoms. The van der Waals surface area contributed by atoms with Gasteiger partial charge in [0.1, 0.15) is 0 Å². The summed E-state index contributed by atoms with van der Waals surface area (Å²) in [5, 5.41) is 11.3. The molecular weight excluding hydrogens is 280 g/mol. The van der Waals surface area contributed by atoms with Gasteiger partial charge < -0.3 is 9.84 Å². The van der Waals surface area contributed by atoms with Gasteiger partial charge >= 0.3 is 0 Å². The highest BCUT2D eigenvalue weighted by Gasteiger charge is 2.48. The molecule has 1 N–H and O–H groups in total. The van der Waals surface area contributed by atoms with Crippen molar-refractivity contribution in [2.24, 2.45) is 5.92 Å². The number of hydrogen-bond acceptors (Lipinski definition) is 3. The first kappa shape index (κ1) is 14.1. The van der Waals surface area contributed by atoms with Gasteiger partial charge in [0.05, 0.1) is 11.2 Å². The van der Waals surface area contributed by atoms with Gasteiger partial charge in [-0.2, -0.15) is 11.8 Å². The molecule has 4 rings (SSSR count). The van der Waals surface area contributed by atoms with E-state index >= 15 is 0 Å². The lowest BCUT2D eigenvalue weighted by Crippen LogP contribution is -2.50. The first-order chi connectivity index (χ1) is 10.2. The number of rotatable bonds is 1. The van der Waals surface area contributed by atoms with Crippen LogP contribution in [0.5, 0.6) is 0 Å². The lowest BCUT2D eigenvalue weighted by Gasteiger charge is -2.47. The maximum Gasteiger partial charge on any atom is 0.0758 e. The number of thioether (sulfide) groups is 1. The van der Waals surface area contributed by atoms with E-state index in [4.69, 9.17) is 4.74 Å². The third-order valence-electron chi connectivity index (χ3n) is 5.77. The lowest BCUT2D eigenvalue weighted by atomic mass is 9.72. The molecule has 114 valence electrons. The largest absolute Gasteiger partial charge is 0.389 e. The Labute approximate surface area is 131 Å². The summed E-state index contributed by atoms with van der Waals surface area (Å²) in [4.78, 5) is 0. The van der Waals surface area contributed by atoms with Crippen molar-refractivity contribution < 1.29 is 9.84 Å². The van der Waals surface area contributed by atoms with Crippen LogP contribution in [0.2, 0.25) is 0 Å². The molecule has 2 aliphatic heterocycles. The Balaban J connectivity index is 1.54. The van der Waals surface area contributed by atoms with Gasteiger partial charge in [0.25, 0.3) is 0 Å². The maximum absolute atomic E-state index is 11.3. The van der Waals surface area contributed by atoms with E-state index in [1.54, 1.807) is 0 Å². The first-order valence-corrected chi connectivity index (χ1v) is 9.36. The van der Waals surface area contributed by atoms with E-state index in [1.165, 1.54) is 22.6 Å². The van der Waals surface area contributed by atoms with Crippen molar-refractivity contribution in [3.63, 3.8) is 0 Å². The molecule has 0 amide bonds. The summed E-state index contributed by atoms with van der Waals surface area (Å²) in [6, 6.07) is 8.54. The highest BCUT2D eigenvalue weighted by molar-refractivity contribution is 7.99. The van der Waals surface area contributed by atoms with Crippen molar-refractivity contribution in [1.82, 2.24) is 0 Å². The zero-order valence-electron chi connectivity index (χ0n) is 12.5. The minimum absolute atomic E-state index is 0.0681. The predicted molar refractivity (Wildman–Crippen MR) is 86.8 cm³/mol. The van der Waals surface area contributed by atoms with Gasteiger partial charge in [-0.15, -0.1) is 0 Å². The van der Waals surface area contributed by atoms with Crippen LogP contribution in [0.1, 0.15) is 36.8 Å². The van der Waals surface area contributed by atoms with E-state index in [0.29, 0.717) is 5.92 Å². The van der Waals surface area contributed by atoms with E-state index in [-0.39, 0.29) is 5.60 Å². The minimum Gasteiger partial charge on any atom is -0.389 e. The van der Waals surface area contributed by atoms with Crippen molar-refractivity contribution >= 4 is 11.8 Å². The molecule has 0 radical (unpaired) electrons. The third-order valence-corrected chi connectivity index (χ3v) is 6.75. The SMILES string of the molecule is OC1(C2CCOC3(CCSCC3)C2)Cc2ccccc2C1. The van der Waals surface area contributed by atoms with E-state index in [0.717, 1.165) is 45.1 Å². The highest BCUT2D eigenvalue weighted by atomic mass is 32.2. The zero-order valence-corrected chi connectivity index (χ0v) is 13.3. The zero-order chi connectivity index (χ0) is 14.3. The van der Waals surface area contributed by atoms with E-state index in [1.807, 2.05) is 11.8 Å². The Morgan fingerprint density at radius 1 is 1.10 bits per heavy atom. The van der Waals surface area contributed by atoms with E-state index in [2.05, 4.69) is 24.3 Å². The van der Waals surface area contributed by atoms with Crippen LogP contribution in [0.3, 0.4) is 0 Å². The molecule has 2 nitrogen and oxygen atoms in total. The van der Waals surface area contributed by atoms with Gasteiger partial charge in [-0.05, 0) is 54.2 Å². The average Bonchev–Trinajstić information content (AvgIpc) is 2.86. The molecule has 1 atom stereocenters. The fourth-order valence-corrected chi connectivity index (χ4v) is 5.73. The number of hydrogen-bond donors (Lipinski definition) is 1. The summed E-state index contributed by atoms with van der Waals surface area (Å²) >= 11 is 2.04. The smallest absolute Gasteiger partial charge is 0.0758 e. The second-order valence-corrected chi connectivity index (χ2v) is 8.28. The van der Waals surface area contributed by atoms with Gasteiger partial charge in [0, 0.05) is 19.4 Å². The van der Waals surface area contributed by atoms with Crippen molar-refractivity contribution in [2.45, 2.75) is 49.7 Å². The van der Waals surface area contributed by atoms with Crippen LogP contribution in [0, 0.1) is 5.92 Å². The average molecular weight is 304 g/mol. The number of benzene rings is 1. The van der Waals surface area contributed by atoms with Gasteiger partial charge in [0.15, 0.2) is 0 Å². The second-order valence-electron chi connectivity index (χ2n) is 7.06. The summed E-state index contributed by atoms with van der Waals surface area (Å²) in [7, 11) is 0. The Kier molecular flexibility index (Phi) is 3.55. The van der Waals surface area contributed by atoms with Crippen LogP contribution < -0.4 is 0 Å². The molecule has 21 heavy (non-hydrogen) atoms.